The minimum atomic E-state index is -1.02. The molecule has 0 saturated carbocycles. The van der Waals surface area contributed by atoms with Crippen molar-refractivity contribution >= 4 is 29.5 Å². The number of anilines is 1. The highest BCUT2D eigenvalue weighted by Crippen LogP contribution is 2.29. The molecule has 17 heavy (non-hydrogen) atoms. The van der Waals surface area contributed by atoms with Gasteiger partial charge < -0.3 is 20.9 Å². The first kappa shape index (κ1) is 12.2. The number of aliphatic hydroxyl groups is 2. The molecule has 2 unspecified atom stereocenters. The number of nitrogens with one attached hydrogen (secondary N) is 1. The van der Waals surface area contributed by atoms with Gasteiger partial charge in [0.15, 0.2) is 0 Å². The second-order valence-electron chi connectivity index (χ2n) is 3.75. The topological polar surface area (TPSA) is 108 Å². The summed E-state index contributed by atoms with van der Waals surface area (Å²) in [7, 11) is 0. The van der Waals surface area contributed by atoms with Gasteiger partial charge in [-0.25, -0.2) is 9.97 Å². The van der Waals surface area contributed by atoms with E-state index in [0.717, 1.165) is 0 Å². The molecular weight excluding hydrogens is 240 g/mol. The molecule has 2 heterocycles. The van der Waals surface area contributed by atoms with Crippen molar-refractivity contribution in [3.63, 3.8) is 0 Å². The van der Waals surface area contributed by atoms with Crippen LogP contribution in [0.25, 0.3) is 11.0 Å². The number of aliphatic hydroxyl groups excluding tert-OH is 2. The average Bonchev–Trinajstić information content (AvgIpc) is 2.73. The molecule has 2 atom stereocenters. The fraction of sp³-hybridized carbons (Fsp3) is 0.400. The molecule has 2 aromatic rings. The van der Waals surface area contributed by atoms with Gasteiger partial charge in [0.2, 0.25) is 0 Å². The van der Waals surface area contributed by atoms with E-state index in [1.807, 2.05) is 0 Å². The Morgan fingerprint density at radius 1 is 1.41 bits per heavy atom. The lowest BCUT2D eigenvalue weighted by Crippen LogP contribution is -2.18. The summed E-state index contributed by atoms with van der Waals surface area (Å²) in [5.74, 6) is 0.774. The van der Waals surface area contributed by atoms with Crippen molar-refractivity contribution < 1.29 is 10.2 Å². The predicted octanol–water partition coefficient (Wildman–Crippen LogP) is 0.254. The number of hydrogen-bond donors (Lipinski definition) is 5. The van der Waals surface area contributed by atoms with Gasteiger partial charge in [-0.2, -0.15) is 12.6 Å². The van der Waals surface area contributed by atoms with Crippen molar-refractivity contribution in [2.24, 2.45) is 0 Å². The Labute approximate surface area is 103 Å². The molecule has 0 aliphatic heterocycles. The molecular formula is C10H14N4O2S. The number of rotatable bonds is 4. The van der Waals surface area contributed by atoms with Gasteiger partial charge in [0, 0.05) is 11.8 Å². The third-order valence-corrected chi connectivity index (χ3v) is 2.90. The van der Waals surface area contributed by atoms with E-state index in [-0.39, 0.29) is 5.82 Å². The van der Waals surface area contributed by atoms with E-state index >= 15 is 0 Å². The molecule has 0 fully saturated rings. The molecule has 5 N–H and O–H groups in total. The summed E-state index contributed by atoms with van der Waals surface area (Å²) in [6.45, 7) is 0. The van der Waals surface area contributed by atoms with Crippen molar-refractivity contribution in [1.29, 1.82) is 0 Å². The van der Waals surface area contributed by atoms with E-state index in [1.165, 1.54) is 6.33 Å². The lowest BCUT2D eigenvalue weighted by Gasteiger charge is -2.16. The molecule has 0 saturated heterocycles. The Morgan fingerprint density at radius 2 is 2.18 bits per heavy atom. The van der Waals surface area contributed by atoms with Gasteiger partial charge in [-0.15, -0.1) is 0 Å². The molecule has 0 aliphatic carbocycles. The Balaban J connectivity index is 2.42. The normalized spacial score (nSPS) is 15.0. The number of aromatic amines is 1. The summed E-state index contributed by atoms with van der Waals surface area (Å²) in [5, 5.41) is 20.3. The molecule has 0 aliphatic rings. The largest absolute Gasteiger partial charge is 0.390 e. The lowest BCUT2D eigenvalue weighted by atomic mass is 10.0. The third kappa shape index (κ3) is 2.21. The first-order valence-electron chi connectivity index (χ1n) is 5.19. The van der Waals surface area contributed by atoms with Gasteiger partial charge in [0.05, 0.1) is 11.5 Å². The third-order valence-electron chi connectivity index (χ3n) is 2.64. The molecule has 0 spiro atoms. The Morgan fingerprint density at radius 3 is 2.88 bits per heavy atom. The molecule has 2 aromatic heterocycles. The number of hydrogen-bond acceptors (Lipinski definition) is 6. The van der Waals surface area contributed by atoms with Crippen LogP contribution in [0.3, 0.4) is 0 Å². The van der Waals surface area contributed by atoms with Crippen LogP contribution < -0.4 is 5.73 Å². The zero-order valence-electron chi connectivity index (χ0n) is 9.04. The van der Waals surface area contributed by atoms with Crippen LogP contribution >= 0.6 is 12.6 Å². The highest BCUT2D eigenvalue weighted by Gasteiger charge is 2.22. The molecule has 6 nitrogen and oxygen atoms in total. The molecule has 0 amide bonds. The number of thiol groups is 1. The smallest absolute Gasteiger partial charge is 0.143 e. The first-order valence-corrected chi connectivity index (χ1v) is 5.82. The highest BCUT2D eigenvalue weighted by molar-refractivity contribution is 7.80. The predicted molar refractivity (Wildman–Crippen MR) is 67.7 cm³/mol. The van der Waals surface area contributed by atoms with Gasteiger partial charge in [0.1, 0.15) is 23.9 Å². The molecule has 2 rings (SSSR count). The molecule has 92 valence electrons. The zero-order valence-corrected chi connectivity index (χ0v) is 9.93. The fourth-order valence-corrected chi connectivity index (χ4v) is 2.01. The van der Waals surface area contributed by atoms with Crippen molar-refractivity contribution in [1.82, 2.24) is 15.0 Å². The van der Waals surface area contributed by atoms with Crippen LogP contribution in [0.1, 0.15) is 18.1 Å². The van der Waals surface area contributed by atoms with Crippen LogP contribution in [0.15, 0.2) is 12.5 Å². The summed E-state index contributed by atoms with van der Waals surface area (Å²) in [6, 6.07) is 0. The molecule has 0 radical (unpaired) electrons. The fourth-order valence-electron chi connectivity index (χ4n) is 1.74. The van der Waals surface area contributed by atoms with Gasteiger partial charge in [0.25, 0.3) is 0 Å². The van der Waals surface area contributed by atoms with Crippen LogP contribution in [0.4, 0.5) is 5.82 Å². The van der Waals surface area contributed by atoms with Gasteiger partial charge in [-0.3, -0.25) is 0 Å². The van der Waals surface area contributed by atoms with Crippen molar-refractivity contribution in [3.8, 4) is 0 Å². The van der Waals surface area contributed by atoms with Crippen LogP contribution in [-0.2, 0) is 0 Å². The molecule has 7 heteroatoms. The van der Waals surface area contributed by atoms with E-state index in [0.29, 0.717) is 28.8 Å². The van der Waals surface area contributed by atoms with Crippen molar-refractivity contribution in [2.45, 2.75) is 18.6 Å². The van der Waals surface area contributed by atoms with Gasteiger partial charge >= 0.3 is 0 Å². The van der Waals surface area contributed by atoms with Crippen LogP contribution in [-0.4, -0.2) is 37.0 Å². The maximum absolute atomic E-state index is 10.0. The Kier molecular flexibility index (Phi) is 3.51. The maximum Gasteiger partial charge on any atom is 0.143 e. The maximum atomic E-state index is 10.0. The van der Waals surface area contributed by atoms with Crippen molar-refractivity contribution in [3.05, 3.63) is 18.1 Å². The summed E-state index contributed by atoms with van der Waals surface area (Å²) in [5.41, 5.74) is 6.79. The number of nitrogen functional groups attached to an aromatic ring is 1. The number of aromatic nitrogens is 3. The first-order chi connectivity index (χ1) is 8.15. The average molecular weight is 254 g/mol. The van der Waals surface area contributed by atoms with E-state index in [1.54, 1.807) is 6.20 Å². The summed E-state index contributed by atoms with van der Waals surface area (Å²) >= 11 is 4.02. The minimum Gasteiger partial charge on any atom is -0.390 e. The van der Waals surface area contributed by atoms with Crippen LogP contribution in [0.5, 0.6) is 0 Å². The lowest BCUT2D eigenvalue weighted by molar-refractivity contribution is 0.0181. The van der Waals surface area contributed by atoms with E-state index in [4.69, 9.17) is 5.73 Å². The minimum absolute atomic E-state index is 0.281. The van der Waals surface area contributed by atoms with E-state index < -0.39 is 12.2 Å². The van der Waals surface area contributed by atoms with E-state index in [9.17, 15) is 10.2 Å². The molecule has 0 aromatic carbocycles. The highest BCUT2D eigenvalue weighted by atomic mass is 32.1. The van der Waals surface area contributed by atoms with Gasteiger partial charge in [-0.1, -0.05) is 0 Å². The second-order valence-corrected chi connectivity index (χ2v) is 4.20. The second kappa shape index (κ2) is 4.91. The monoisotopic (exact) mass is 254 g/mol. The van der Waals surface area contributed by atoms with Gasteiger partial charge in [-0.05, 0) is 12.2 Å². The molecule has 0 bridgehead atoms. The number of nitrogens with two attached hydrogens (primary N) is 1. The summed E-state index contributed by atoms with van der Waals surface area (Å²) < 4.78 is 0. The quantitative estimate of drug-likeness (QED) is 0.503. The Bertz CT molecular complexity index is 516. The summed E-state index contributed by atoms with van der Waals surface area (Å²) in [6.07, 6.45) is 1.41. The number of nitrogens with zero attached hydrogens (tertiary/aromatic N) is 2. The summed E-state index contributed by atoms with van der Waals surface area (Å²) in [4.78, 5) is 10.7. The van der Waals surface area contributed by atoms with Crippen LogP contribution in [0.2, 0.25) is 0 Å². The number of H-pyrrole nitrogens is 1. The number of fused-ring (bicyclic) bond motifs is 1. The Hall–Kier alpha value is -1.31. The van der Waals surface area contributed by atoms with Crippen molar-refractivity contribution in [2.75, 3.05) is 11.5 Å². The van der Waals surface area contributed by atoms with E-state index in [2.05, 4.69) is 27.6 Å². The van der Waals surface area contributed by atoms with Crippen LogP contribution in [0, 0.1) is 0 Å². The zero-order chi connectivity index (χ0) is 12.4. The SMILES string of the molecule is Nc1ncnc2[nH]cc(C(O)C(O)CCS)c12. The standard InChI is InChI=1S/C10H14N4O2S/c11-9-7-5(8(16)6(15)1-2-17)3-12-10(7)14-4-13-9/h3-4,6,8,15-17H,1-2H2,(H3,11,12,13,14).